The second kappa shape index (κ2) is 11.5. The van der Waals surface area contributed by atoms with Crippen molar-refractivity contribution >= 4 is 39.2 Å². The van der Waals surface area contributed by atoms with E-state index in [1.165, 1.54) is 48.5 Å². The number of benzene rings is 3. The van der Waals surface area contributed by atoms with Gasteiger partial charge >= 0.3 is 5.97 Å². The number of carbonyl (C=O) groups is 2. The van der Waals surface area contributed by atoms with Crippen LogP contribution in [-0.4, -0.2) is 42.7 Å². The molecule has 1 fully saturated rings. The van der Waals surface area contributed by atoms with Crippen LogP contribution in [0.3, 0.4) is 0 Å². The highest BCUT2D eigenvalue weighted by Crippen LogP contribution is 2.47. The molecule has 3 aromatic rings. The average molecular weight is 572 g/mol. The number of amides is 1. The van der Waals surface area contributed by atoms with Gasteiger partial charge < -0.3 is 10.1 Å². The Bertz CT molecular complexity index is 1490. The number of aryl methyl sites for hydroxylation is 1. The molecule has 3 unspecified atom stereocenters. The number of carbonyl (C=O) groups excluding carboxylic acids is 2. The number of para-hydroxylation sites is 1. The van der Waals surface area contributed by atoms with Gasteiger partial charge in [-0.25, -0.2) is 8.42 Å². The zero-order valence-electron chi connectivity index (χ0n) is 21.1. The fourth-order valence-corrected chi connectivity index (χ4v) is 6.69. The van der Waals surface area contributed by atoms with Crippen LogP contribution in [0.5, 0.6) is 0 Å². The molecule has 204 valence electrons. The van der Waals surface area contributed by atoms with Crippen molar-refractivity contribution in [1.29, 1.82) is 0 Å². The third kappa shape index (κ3) is 5.80. The van der Waals surface area contributed by atoms with E-state index in [0.29, 0.717) is 5.02 Å². The Morgan fingerprint density at radius 1 is 1.08 bits per heavy atom. The van der Waals surface area contributed by atoms with Gasteiger partial charge in [0.25, 0.3) is 5.69 Å². The first-order valence-corrected chi connectivity index (χ1v) is 13.8. The SMILES string of the molecule is COC(=O)C1CC(C(=O)NCc2ccc(C)cc2)N(S(=O)(=O)c2ccc(Cl)cc2)C1c1ccccc1[N+](=O)[O-]. The van der Waals surface area contributed by atoms with E-state index in [-0.39, 0.29) is 29.1 Å². The predicted octanol–water partition coefficient (Wildman–Crippen LogP) is 4.17. The van der Waals surface area contributed by atoms with Gasteiger partial charge in [-0.05, 0) is 43.2 Å². The summed E-state index contributed by atoms with van der Waals surface area (Å²) in [4.78, 5) is 37.6. The Hall–Kier alpha value is -3.80. The van der Waals surface area contributed by atoms with Crippen LogP contribution in [0.15, 0.2) is 77.7 Å². The summed E-state index contributed by atoms with van der Waals surface area (Å²) in [6.07, 6.45) is -0.240. The van der Waals surface area contributed by atoms with Crippen molar-refractivity contribution in [3.63, 3.8) is 0 Å². The van der Waals surface area contributed by atoms with Crippen molar-refractivity contribution in [2.45, 2.75) is 36.9 Å². The number of nitro groups is 1. The van der Waals surface area contributed by atoms with Gasteiger partial charge in [0.05, 0.1) is 28.9 Å². The summed E-state index contributed by atoms with van der Waals surface area (Å²) < 4.78 is 34.0. The van der Waals surface area contributed by atoms with E-state index >= 15 is 0 Å². The summed E-state index contributed by atoms with van der Waals surface area (Å²) in [6, 6.07) is 15.6. The van der Waals surface area contributed by atoms with E-state index < -0.39 is 44.8 Å². The maximum atomic E-state index is 14.1. The molecule has 3 aromatic carbocycles. The molecule has 12 heteroatoms. The van der Waals surface area contributed by atoms with Crippen LogP contribution in [0.4, 0.5) is 5.69 Å². The first-order chi connectivity index (χ1) is 18.5. The highest BCUT2D eigenvalue weighted by molar-refractivity contribution is 7.89. The number of hydrogen-bond acceptors (Lipinski definition) is 7. The predicted molar refractivity (Wildman–Crippen MR) is 143 cm³/mol. The lowest BCUT2D eigenvalue weighted by molar-refractivity contribution is -0.385. The number of sulfonamides is 1. The normalized spacial score (nSPS) is 19.4. The molecule has 39 heavy (non-hydrogen) atoms. The Morgan fingerprint density at radius 3 is 2.33 bits per heavy atom. The Kier molecular flexibility index (Phi) is 8.34. The Morgan fingerprint density at radius 2 is 1.72 bits per heavy atom. The molecule has 0 aromatic heterocycles. The molecule has 1 heterocycles. The van der Waals surface area contributed by atoms with Crippen LogP contribution in [0, 0.1) is 23.0 Å². The first kappa shape index (κ1) is 28.2. The van der Waals surface area contributed by atoms with Crippen molar-refractivity contribution in [1.82, 2.24) is 9.62 Å². The molecule has 1 N–H and O–H groups in total. The minimum Gasteiger partial charge on any atom is -0.469 e. The fourth-order valence-electron chi connectivity index (χ4n) is 4.76. The molecule has 0 bridgehead atoms. The smallest absolute Gasteiger partial charge is 0.310 e. The molecule has 1 saturated heterocycles. The molecule has 0 radical (unpaired) electrons. The van der Waals surface area contributed by atoms with Crippen LogP contribution < -0.4 is 5.32 Å². The number of nitrogens with one attached hydrogen (secondary N) is 1. The third-order valence-electron chi connectivity index (χ3n) is 6.67. The van der Waals surface area contributed by atoms with Gasteiger partial charge in [0.1, 0.15) is 6.04 Å². The van der Waals surface area contributed by atoms with E-state index in [1.807, 2.05) is 31.2 Å². The zero-order chi connectivity index (χ0) is 28.3. The van der Waals surface area contributed by atoms with E-state index in [4.69, 9.17) is 16.3 Å². The Balaban J connectivity index is 1.83. The van der Waals surface area contributed by atoms with Crippen molar-refractivity contribution in [2.75, 3.05) is 7.11 Å². The maximum absolute atomic E-state index is 14.1. The van der Waals surface area contributed by atoms with Gasteiger partial charge in [-0.1, -0.05) is 59.6 Å². The summed E-state index contributed by atoms with van der Waals surface area (Å²) in [6.45, 7) is 2.04. The zero-order valence-corrected chi connectivity index (χ0v) is 22.7. The van der Waals surface area contributed by atoms with Gasteiger partial charge in [0, 0.05) is 23.2 Å². The van der Waals surface area contributed by atoms with Crippen molar-refractivity contribution in [3.8, 4) is 0 Å². The van der Waals surface area contributed by atoms with Crippen molar-refractivity contribution in [2.24, 2.45) is 5.92 Å². The van der Waals surface area contributed by atoms with Crippen LogP contribution in [0.1, 0.15) is 29.2 Å². The minimum atomic E-state index is -4.47. The van der Waals surface area contributed by atoms with E-state index in [2.05, 4.69) is 5.32 Å². The van der Waals surface area contributed by atoms with Crippen LogP contribution in [-0.2, 0) is 30.9 Å². The molecule has 0 aliphatic carbocycles. The number of rotatable bonds is 8. The second-order valence-electron chi connectivity index (χ2n) is 9.13. The molecule has 0 spiro atoms. The minimum absolute atomic E-state index is 0.0238. The molecule has 10 nitrogen and oxygen atoms in total. The average Bonchev–Trinajstić information content (AvgIpc) is 3.34. The number of halogens is 1. The summed E-state index contributed by atoms with van der Waals surface area (Å²) >= 11 is 5.96. The summed E-state index contributed by atoms with van der Waals surface area (Å²) in [7, 11) is -3.33. The van der Waals surface area contributed by atoms with Gasteiger partial charge in [0.2, 0.25) is 15.9 Å². The molecular formula is C27H26ClN3O7S. The lowest BCUT2D eigenvalue weighted by Crippen LogP contribution is -2.46. The van der Waals surface area contributed by atoms with Gasteiger partial charge in [0.15, 0.2) is 0 Å². The third-order valence-corrected chi connectivity index (χ3v) is 8.83. The number of nitro benzene ring substituents is 1. The number of methoxy groups -OCH3 is 1. The topological polar surface area (TPSA) is 136 Å². The molecule has 0 saturated carbocycles. The second-order valence-corrected chi connectivity index (χ2v) is 11.4. The first-order valence-electron chi connectivity index (χ1n) is 12.0. The van der Waals surface area contributed by atoms with Crippen LogP contribution >= 0.6 is 11.6 Å². The quantitative estimate of drug-likeness (QED) is 0.243. The monoisotopic (exact) mass is 571 g/mol. The summed E-state index contributed by atoms with van der Waals surface area (Å²) in [5.41, 5.74) is 1.42. The van der Waals surface area contributed by atoms with Gasteiger partial charge in [-0.15, -0.1) is 0 Å². The largest absolute Gasteiger partial charge is 0.469 e. The highest BCUT2D eigenvalue weighted by Gasteiger charge is 2.55. The van der Waals surface area contributed by atoms with Gasteiger partial charge in [-0.3, -0.25) is 19.7 Å². The molecule has 3 atom stereocenters. The van der Waals surface area contributed by atoms with Crippen LogP contribution in [0.2, 0.25) is 5.02 Å². The van der Waals surface area contributed by atoms with Crippen molar-refractivity contribution < 1.29 is 27.7 Å². The summed E-state index contributed by atoms with van der Waals surface area (Å²) in [5, 5.41) is 15.0. The fraction of sp³-hybridized carbons (Fsp3) is 0.259. The number of esters is 1. The standard InChI is InChI=1S/C27H26ClN3O7S/c1-17-7-9-18(10-8-17)16-29-26(32)24-15-22(27(33)38-2)25(21-5-3-4-6-23(21)31(34)35)30(24)39(36,37)20-13-11-19(28)12-14-20/h3-14,22,24-25H,15-16H2,1-2H3,(H,29,32). The molecule has 1 aliphatic heterocycles. The molecular weight excluding hydrogens is 546 g/mol. The lowest BCUT2D eigenvalue weighted by atomic mass is 9.92. The lowest BCUT2D eigenvalue weighted by Gasteiger charge is -2.30. The number of hydrogen-bond donors (Lipinski definition) is 1. The molecule has 1 aliphatic rings. The summed E-state index contributed by atoms with van der Waals surface area (Å²) in [5.74, 6) is -2.63. The molecule has 1 amide bonds. The van der Waals surface area contributed by atoms with E-state index in [9.17, 15) is 28.1 Å². The van der Waals surface area contributed by atoms with E-state index in [1.54, 1.807) is 0 Å². The number of nitrogens with zero attached hydrogens (tertiary/aromatic N) is 2. The van der Waals surface area contributed by atoms with Crippen molar-refractivity contribution in [3.05, 3.63) is 105 Å². The maximum Gasteiger partial charge on any atom is 0.310 e. The number of ether oxygens (including phenoxy) is 1. The van der Waals surface area contributed by atoms with Crippen LogP contribution in [0.25, 0.3) is 0 Å². The Labute approximate surface area is 230 Å². The molecule has 4 rings (SSSR count). The highest BCUT2D eigenvalue weighted by atomic mass is 35.5. The van der Waals surface area contributed by atoms with E-state index in [0.717, 1.165) is 22.5 Å². The van der Waals surface area contributed by atoms with Gasteiger partial charge in [-0.2, -0.15) is 4.31 Å².